The molecular weight excluding hydrogens is 186 g/mol. The SMILES string of the molecule is CCNC[C@H]1O[C@@H](OC)C[C@@H](O)[C@@H]1O. The summed E-state index contributed by atoms with van der Waals surface area (Å²) in [5.74, 6) is 0. The Morgan fingerprint density at radius 2 is 2.21 bits per heavy atom. The highest BCUT2D eigenvalue weighted by molar-refractivity contribution is 4.83. The first-order valence-corrected chi connectivity index (χ1v) is 4.94. The maximum absolute atomic E-state index is 9.61. The Morgan fingerprint density at radius 3 is 2.79 bits per heavy atom. The first-order chi connectivity index (χ1) is 6.69. The Bertz CT molecular complexity index is 167. The summed E-state index contributed by atoms with van der Waals surface area (Å²) in [7, 11) is 1.53. The van der Waals surface area contributed by atoms with E-state index in [0.717, 1.165) is 6.54 Å². The van der Waals surface area contributed by atoms with Gasteiger partial charge in [0.2, 0.25) is 0 Å². The summed E-state index contributed by atoms with van der Waals surface area (Å²) in [5.41, 5.74) is 0. The zero-order valence-electron chi connectivity index (χ0n) is 8.64. The van der Waals surface area contributed by atoms with Gasteiger partial charge in [0.15, 0.2) is 6.29 Å². The predicted molar refractivity (Wildman–Crippen MR) is 50.8 cm³/mol. The Labute approximate surface area is 84.0 Å². The monoisotopic (exact) mass is 205 g/mol. The molecule has 0 aromatic rings. The number of methoxy groups -OCH3 is 1. The van der Waals surface area contributed by atoms with Crippen molar-refractivity contribution >= 4 is 0 Å². The fourth-order valence-electron chi connectivity index (χ4n) is 1.52. The van der Waals surface area contributed by atoms with E-state index in [1.54, 1.807) is 0 Å². The van der Waals surface area contributed by atoms with Crippen molar-refractivity contribution in [2.45, 2.75) is 37.9 Å². The second kappa shape index (κ2) is 5.63. The van der Waals surface area contributed by atoms with Crippen LogP contribution in [0.4, 0.5) is 0 Å². The van der Waals surface area contributed by atoms with E-state index in [4.69, 9.17) is 9.47 Å². The summed E-state index contributed by atoms with van der Waals surface area (Å²) in [6, 6.07) is 0. The largest absolute Gasteiger partial charge is 0.390 e. The molecule has 14 heavy (non-hydrogen) atoms. The van der Waals surface area contributed by atoms with Crippen LogP contribution in [0.5, 0.6) is 0 Å². The fraction of sp³-hybridized carbons (Fsp3) is 1.00. The summed E-state index contributed by atoms with van der Waals surface area (Å²) in [4.78, 5) is 0. The Morgan fingerprint density at radius 1 is 1.50 bits per heavy atom. The van der Waals surface area contributed by atoms with Crippen molar-refractivity contribution in [2.75, 3.05) is 20.2 Å². The molecule has 84 valence electrons. The van der Waals surface area contributed by atoms with Crippen LogP contribution >= 0.6 is 0 Å². The lowest BCUT2D eigenvalue weighted by Crippen LogP contribution is -2.52. The van der Waals surface area contributed by atoms with Gasteiger partial charge in [-0.2, -0.15) is 0 Å². The third-order valence-corrected chi connectivity index (χ3v) is 2.39. The number of nitrogens with one attached hydrogen (secondary N) is 1. The van der Waals surface area contributed by atoms with Crippen molar-refractivity contribution in [1.82, 2.24) is 5.32 Å². The highest BCUT2D eigenvalue weighted by Gasteiger charge is 2.36. The van der Waals surface area contributed by atoms with Gasteiger partial charge in [0.1, 0.15) is 12.2 Å². The van der Waals surface area contributed by atoms with Gasteiger partial charge in [-0.05, 0) is 6.54 Å². The number of ether oxygens (including phenoxy) is 2. The van der Waals surface area contributed by atoms with E-state index in [1.165, 1.54) is 7.11 Å². The number of hydrogen-bond acceptors (Lipinski definition) is 5. The first kappa shape index (κ1) is 11.9. The van der Waals surface area contributed by atoms with Crippen molar-refractivity contribution in [1.29, 1.82) is 0 Å². The minimum absolute atomic E-state index is 0.320. The molecule has 1 aliphatic rings. The molecule has 0 aromatic carbocycles. The lowest BCUT2D eigenvalue weighted by Gasteiger charge is -2.36. The second-order valence-corrected chi connectivity index (χ2v) is 3.44. The van der Waals surface area contributed by atoms with Gasteiger partial charge in [-0.3, -0.25) is 0 Å². The molecule has 3 N–H and O–H groups in total. The van der Waals surface area contributed by atoms with Gasteiger partial charge < -0.3 is 25.0 Å². The van der Waals surface area contributed by atoms with Gasteiger partial charge in [-0.15, -0.1) is 0 Å². The number of aliphatic hydroxyl groups excluding tert-OH is 2. The van der Waals surface area contributed by atoms with Crippen LogP contribution in [0.2, 0.25) is 0 Å². The van der Waals surface area contributed by atoms with Crippen LogP contribution in [0, 0.1) is 0 Å². The second-order valence-electron chi connectivity index (χ2n) is 3.44. The molecule has 1 aliphatic heterocycles. The topological polar surface area (TPSA) is 71.0 Å². The van der Waals surface area contributed by atoms with Crippen LogP contribution in [-0.4, -0.2) is 55.0 Å². The molecule has 1 rings (SSSR count). The molecule has 0 spiro atoms. The minimum atomic E-state index is -0.833. The molecule has 0 unspecified atom stereocenters. The molecule has 0 aliphatic carbocycles. The van der Waals surface area contributed by atoms with Crippen molar-refractivity contribution in [3.63, 3.8) is 0 Å². The summed E-state index contributed by atoms with van der Waals surface area (Å²) in [6.45, 7) is 3.30. The molecule has 1 fully saturated rings. The predicted octanol–water partition coefficient (Wildman–Crippen LogP) is -0.921. The van der Waals surface area contributed by atoms with Crippen LogP contribution in [0.1, 0.15) is 13.3 Å². The quantitative estimate of drug-likeness (QED) is 0.553. The highest BCUT2D eigenvalue weighted by Crippen LogP contribution is 2.20. The maximum Gasteiger partial charge on any atom is 0.160 e. The Balaban J connectivity index is 2.45. The van der Waals surface area contributed by atoms with E-state index in [9.17, 15) is 10.2 Å². The molecular formula is C9H19NO4. The molecule has 0 radical (unpaired) electrons. The van der Waals surface area contributed by atoms with E-state index in [1.807, 2.05) is 6.92 Å². The third-order valence-electron chi connectivity index (χ3n) is 2.39. The van der Waals surface area contributed by atoms with Gasteiger partial charge in [0.25, 0.3) is 0 Å². The van der Waals surface area contributed by atoms with Crippen LogP contribution in [0.3, 0.4) is 0 Å². The molecule has 0 saturated carbocycles. The molecule has 0 bridgehead atoms. The lowest BCUT2D eigenvalue weighted by molar-refractivity contribution is -0.240. The third kappa shape index (κ3) is 2.90. The zero-order valence-corrected chi connectivity index (χ0v) is 8.64. The van der Waals surface area contributed by atoms with E-state index in [0.29, 0.717) is 13.0 Å². The number of hydrogen-bond donors (Lipinski definition) is 3. The number of likely N-dealkylation sites (N-methyl/N-ethyl adjacent to an activating group) is 1. The lowest BCUT2D eigenvalue weighted by atomic mass is 10.0. The van der Waals surface area contributed by atoms with Crippen LogP contribution in [-0.2, 0) is 9.47 Å². The van der Waals surface area contributed by atoms with Crippen LogP contribution in [0.15, 0.2) is 0 Å². The maximum atomic E-state index is 9.61. The number of aliphatic hydroxyl groups is 2. The highest BCUT2D eigenvalue weighted by atomic mass is 16.7. The fourth-order valence-corrected chi connectivity index (χ4v) is 1.52. The minimum Gasteiger partial charge on any atom is -0.390 e. The van der Waals surface area contributed by atoms with Crippen molar-refractivity contribution < 1.29 is 19.7 Å². The van der Waals surface area contributed by atoms with Gasteiger partial charge in [0, 0.05) is 20.1 Å². The Hall–Kier alpha value is -0.200. The van der Waals surface area contributed by atoms with Gasteiger partial charge >= 0.3 is 0 Å². The van der Waals surface area contributed by atoms with Gasteiger partial charge in [0.05, 0.1) is 6.10 Å². The molecule has 1 saturated heterocycles. The first-order valence-electron chi connectivity index (χ1n) is 4.94. The van der Waals surface area contributed by atoms with Crippen molar-refractivity contribution in [3.8, 4) is 0 Å². The van der Waals surface area contributed by atoms with Crippen molar-refractivity contribution in [2.24, 2.45) is 0 Å². The van der Waals surface area contributed by atoms with E-state index in [-0.39, 0.29) is 0 Å². The zero-order chi connectivity index (χ0) is 10.6. The summed E-state index contributed by atoms with van der Waals surface area (Å²) >= 11 is 0. The normalized spacial score (nSPS) is 38.6. The molecule has 5 heteroatoms. The van der Waals surface area contributed by atoms with E-state index < -0.39 is 24.6 Å². The smallest absolute Gasteiger partial charge is 0.160 e. The molecule has 1 heterocycles. The van der Waals surface area contributed by atoms with Gasteiger partial charge in [-0.1, -0.05) is 6.92 Å². The average Bonchev–Trinajstić information content (AvgIpc) is 2.20. The van der Waals surface area contributed by atoms with Crippen LogP contribution in [0.25, 0.3) is 0 Å². The standard InChI is InChI=1S/C9H19NO4/c1-3-10-5-7-9(12)6(11)4-8(13-2)14-7/h6-12H,3-5H2,1-2H3/t6-,7-,8-,9+/m1/s1. The number of rotatable bonds is 4. The van der Waals surface area contributed by atoms with Crippen LogP contribution < -0.4 is 5.32 Å². The Kier molecular flexibility index (Phi) is 4.77. The van der Waals surface area contributed by atoms with E-state index >= 15 is 0 Å². The summed E-state index contributed by atoms with van der Waals surface area (Å²) in [6.07, 6.45) is -2.10. The van der Waals surface area contributed by atoms with Crippen molar-refractivity contribution in [3.05, 3.63) is 0 Å². The average molecular weight is 205 g/mol. The molecule has 5 nitrogen and oxygen atoms in total. The van der Waals surface area contributed by atoms with Gasteiger partial charge in [-0.25, -0.2) is 0 Å². The van der Waals surface area contributed by atoms with E-state index in [2.05, 4.69) is 5.32 Å². The summed E-state index contributed by atoms with van der Waals surface area (Å²) < 4.78 is 10.4. The molecule has 0 aromatic heterocycles. The molecule has 4 atom stereocenters. The summed E-state index contributed by atoms with van der Waals surface area (Å²) in [5, 5.41) is 22.2. The molecule has 0 amide bonds.